The minimum absolute atomic E-state index is 0.0413. The van der Waals surface area contributed by atoms with Crippen molar-refractivity contribution in [2.24, 2.45) is 0 Å². The minimum atomic E-state index is -2.92. The molecule has 0 bridgehead atoms. The van der Waals surface area contributed by atoms with Gasteiger partial charge in [-0.3, -0.25) is 9.13 Å². The Balaban J connectivity index is 1.46. The Hall–Kier alpha value is -5.94. The van der Waals surface area contributed by atoms with Crippen LogP contribution in [0, 0.1) is 0 Å². The zero-order chi connectivity index (χ0) is 49.7. The molecule has 276 valence electrons. The molecule has 0 fully saturated rings. The second-order valence-corrected chi connectivity index (χ2v) is 14.1. The molecule has 5 heteroatoms. The third kappa shape index (κ3) is 6.22. The topological polar surface area (TPSA) is 55.9 Å². The molecule has 0 radical (unpaired) electrons. The summed E-state index contributed by atoms with van der Waals surface area (Å²) in [6.07, 6.45) is 0. The Bertz CT molecular complexity index is 3200. The van der Waals surface area contributed by atoms with Crippen molar-refractivity contribution in [1.82, 2.24) is 19.1 Å². The maximum atomic E-state index is 11.4. The van der Waals surface area contributed by atoms with E-state index < -0.39 is 44.1 Å². The third-order valence-corrected chi connectivity index (χ3v) is 10.1. The van der Waals surface area contributed by atoms with E-state index in [9.17, 15) is 10.6 Å². The molecule has 0 aliphatic carbocycles. The quantitative estimate of drug-likeness (QED) is 0.161. The maximum Gasteiger partial charge on any atom is 0.149 e. The molecule has 2 aromatic heterocycles. The summed E-state index contributed by atoms with van der Waals surface area (Å²) in [6.45, 7) is -1.38. The van der Waals surface area contributed by atoms with Gasteiger partial charge in [-0.05, 0) is 87.8 Å². The molecule has 3 atom stereocenters. The summed E-state index contributed by atoms with van der Waals surface area (Å²) in [7, 11) is 0. The molecule has 0 saturated heterocycles. The number of hydrogen-bond donors (Lipinski definition) is 1. The maximum absolute atomic E-state index is 11.4. The van der Waals surface area contributed by atoms with E-state index in [0.29, 0.717) is 55.8 Å². The van der Waals surface area contributed by atoms with Crippen molar-refractivity contribution in [3.8, 4) is 51.0 Å². The Kier molecular flexibility index (Phi) is 6.21. The lowest BCUT2D eigenvalue weighted by Crippen LogP contribution is -2.08. The molecule has 0 saturated carbocycles. The SMILES string of the molecule is [2H]C(C)(C)c1cccc(C([2H])(C)C([2H])([2H])[2H])c1-n1c(-c2cccc(-c3cccc4c3nc(-c3ccccc3O)n4-c3c(C([2H])(C)C([2H])([2H])[2H])cccc3C([2H])(C)C([2H])([2H])[2H])c2)nc2ccccc21. The van der Waals surface area contributed by atoms with E-state index in [1.54, 1.807) is 66.9 Å². The Morgan fingerprint density at radius 3 is 1.65 bits per heavy atom. The molecule has 6 aromatic carbocycles. The van der Waals surface area contributed by atoms with Gasteiger partial charge in [0.2, 0.25) is 0 Å². The molecular weight excluding hydrogens is 673 g/mol. The van der Waals surface area contributed by atoms with Crippen LogP contribution in [0.2, 0.25) is 0 Å². The average Bonchev–Trinajstić information content (AvgIpc) is 3.84. The second-order valence-electron chi connectivity index (χ2n) is 14.1. The van der Waals surface area contributed by atoms with Crippen LogP contribution in [-0.4, -0.2) is 24.2 Å². The van der Waals surface area contributed by atoms with Gasteiger partial charge in [0, 0.05) is 28.9 Å². The monoisotopic (exact) mass is 735 g/mol. The molecule has 2 heterocycles. The van der Waals surface area contributed by atoms with Crippen molar-refractivity contribution in [1.29, 1.82) is 0 Å². The van der Waals surface area contributed by atoms with Crippen LogP contribution in [0.4, 0.5) is 0 Å². The molecule has 0 spiro atoms. The highest BCUT2D eigenvalue weighted by Gasteiger charge is 2.26. The van der Waals surface area contributed by atoms with Crippen molar-refractivity contribution >= 4 is 22.1 Å². The Morgan fingerprint density at radius 2 is 1.02 bits per heavy atom. The lowest BCUT2D eigenvalue weighted by atomic mass is 9.92. The van der Waals surface area contributed by atoms with Gasteiger partial charge in [-0.1, -0.05) is 146 Å². The highest BCUT2D eigenvalue weighted by atomic mass is 16.3. The van der Waals surface area contributed by atoms with Gasteiger partial charge in [0.15, 0.2) is 0 Å². The molecule has 1 N–H and O–H groups in total. The molecule has 55 heavy (non-hydrogen) atoms. The van der Waals surface area contributed by atoms with Crippen LogP contribution in [0.1, 0.15) is 119 Å². The van der Waals surface area contributed by atoms with Gasteiger partial charge < -0.3 is 5.11 Å². The van der Waals surface area contributed by atoms with Crippen LogP contribution in [0.15, 0.2) is 127 Å². The zero-order valence-corrected chi connectivity index (χ0v) is 31.4. The number of rotatable bonds is 9. The molecule has 3 unspecified atom stereocenters. The number of nitrogens with zero attached hydrogens (tertiary/aromatic N) is 4. The van der Waals surface area contributed by atoms with E-state index in [1.165, 1.54) is 45.0 Å². The largest absolute Gasteiger partial charge is 0.507 e. The number of imidazole rings is 2. The van der Waals surface area contributed by atoms with Crippen molar-refractivity contribution in [3.05, 3.63) is 150 Å². The second kappa shape index (κ2) is 14.4. The van der Waals surface area contributed by atoms with Gasteiger partial charge in [-0.2, -0.15) is 0 Å². The summed E-state index contributed by atoms with van der Waals surface area (Å²) in [5, 5.41) is 11.4. The van der Waals surface area contributed by atoms with Crippen LogP contribution in [-0.2, 0) is 0 Å². The smallest absolute Gasteiger partial charge is 0.149 e. The fourth-order valence-corrected chi connectivity index (χ4v) is 7.55. The number of phenolic OH excluding ortho intramolecular Hbond substituents is 1. The van der Waals surface area contributed by atoms with Gasteiger partial charge in [0.1, 0.15) is 17.4 Å². The highest BCUT2D eigenvalue weighted by Crippen LogP contribution is 2.43. The van der Waals surface area contributed by atoms with Crippen LogP contribution < -0.4 is 0 Å². The predicted octanol–water partition coefficient (Wildman–Crippen LogP) is 13.6. The number of aromatic nitrogens is 4. The molecule has 0 aliphatic heterocycles. The first-order valence-corrected chi connectivity index (χ1v) is 18.2. The Labute approximate surface area is 343 Å². The highest BCUT2D eigenvalue weighted by molar-refractivity contribution is 5.97. The van der Waals surface area contributed by atoms with E-state index in [1.807, 2.05) is 59.2 Å². The fraction of sp³-hybridized carbons (Fsp3) is 0.240. The van der Waals surface area contributed by atoms with E-state index in [0.717, 1.165) is 0 Å². The summed E-state index contributed by atoms with van der Waals surface area (Å²) in [4.78, 5) is 10.3. The van der Waals surface area contributed by atoms with Gasteiger partial charge in [-0.25, -0.2) is 9.97 Å². The van der Waals surface area contributed by atoms with Crippen molar-refractivity contribution in [2.45, 2.75) is 78.8 Å². The zero-order valence-electron chi connectivity index (χ0n) is 44.4. The lowest BCUT2D eigenvalue weighted by Gasteiger charge is -2.23. The summed E-state index contributed by atoms with van der Waals surface area (Å²) >= 11 is 0. The first kappa shape index (κ1) is 23.8. The number of para-hydroxylation sites is 6. The van der Waals surface area contributed by atoms with Crippen LogP contribution in [0.3, 0.4) is 0 Å². The summed E-state index contributed by atoms with van der Waals surface area (Å²) in [6, 6.07) is 35.9. The number of phenols is 1. The minimum Gasteiger partial charge on any atom is -0.507 e. The first-order valence-electron chi connectivity index (χ1n) is 24.7. The summed E-state index contributed by atoms with van der Waals surface area (Å²) in [5.74, 6) is -7.71. The molecule has 0 amide bonds. The van der Waals surface area contributed by atoms with E-state index in [-0.39, 0.29) is 39.5 Å². The summed E-state index contributed by atoms with van der Waals surface area (Å²) < 4.78 is 117. The van der Waals surface area contributed by atoms with E-state index >= 15 is 0 Å². The first-order chi connectivity index (χ1) is 31.5. The predicted molar refractivity (Wildman–Crippen MR) is 230 cm³/mol. The van der Waals surface area contributed by atoms with Gasteiger partial charge >= 0.3 is 0 Å². The normalized spacial score (nSPS) is 19.5. The molecule has 8 rings (SSSR count). The molecular formula is C50H50N4O. The molecule has 8 aromatic rings. The third-order valence-electron chi connectivity index (χ3n) is 10.1. The average molecular weight is 736 g/mol. The fourth-order valence-electron chi connectivity index (χ4n) is 7.55. The number of hydrogen-bond acceptors (Lipinski definition) is 3. The van der Waals surface area contributed by atoms with E-state index in [2.05, 4.69) is 0 Å². The van der Waals surface area contributed by atoms with Crippen molar-refractivity contribution in [2.75, 3.05) is 0 Å². The lowest BCUT2D eigenvalue weighted by molar-refractivity contribution is 0.477. The molecule has 5 nitrogen and oxygen atoms in total. The number of fused-ring (bicyclic) bond motifs is 2. The van der Waals surface area contributed by atoms with Gasteiger partial charge in [0.25, 0.3) is 0 Å². The standard InChI is InChI=1S/C50H50N4O/c1-30(2)36-20-14-21-37(31(3)4)47(36)53-43-26-11-10-25-42(43)51-49(53)35-18-13-17-34(29-35)40-24-16-27-44-46(40)52-50(41-19-9-12-28-45(41)55)54(44)48-38(32(5)6)22-15-23-39(48)33(7)8/h9-33,55H,1-8H3/i1D3,5D3,7D3,30D,31D,32D,33D. The van der Waals surface area contributed by atoms with Gasteiger partial charge in [-0.15, -0.1) is 0 Å². The number of benzene rings is 6. The van der Waals surface area contributed by atoms with Crippen molar-refractivity contribution < 1.29 is 22.9 Å². The summed E-state index contributed by atoms with van der Waals surface area (Å²) in [5.41, 5.74) is 4.69. The van der Waals surface area contributed by atoms with E-state index in [4.69, 9.17) is 22.3 Å². The van der Waals surface area contributed by atoms with Gasteiger partial charge in [0.05, 0.1) is 39.0 Å². The van der Waals surface area contributed by atoms with Crippen molar-refractivity contribution in [3.63, 3.8) is 0 Å². The van der Waals surface area contributed by atoms with Crippen LogP contribution in [0.5, 0.6) is 5.75 Å². The molecule has 0 aliphatic rings. The van der Waals surface area contributed by atoms with Crippen LogP contribution in [0.25, 0.3) is 67.3 Å². The Morgan fingerprint density at radius 1 is 0.509 bits per heavy atom. The van der Waals surface area contributed by atoms with Crippen LogP contribution >= 0.6 is 0 Å². The number of aromatic hydroxyl groups is 1.